The van der Waals surface area contributed by atoms with Crippen molar-refractivity contribution >= 4 is 18.0 Å². The molecule has 118 valence electrons. The number of carbonyl (C=O) groups excluding carboxylic acids is 1. The first-order valence-corrected chi connectivity index (χ1v) is 8.17. The Kier molecular flexibility index (Phi) is 8.50. The number of hydrogen-bond acceptors (Lipinski definition) is 4. The Morgan fingerprint density at radius 2 is 2.14 bits per heavy atom. The molecule has 0 aliphatic rings. The number of urea groups is 1. The molecule has 0 aliphatic heterocycles. The van der Waals surface area contributed by atoms with E-state index in [-0.39, 0.29) is 11.8 Å². The molecule has 1 aromatic carbocycles. The molecule has 2 amide bonds. The second kappa shape index (κ2) is 10.2. The van der Waals surface area contributed by atoms with Gasteiger partial charge in [-0.25, -0.2) is 4.79 Å². The summed E-state index contributed by atoms with van der Waals surface area (Å²) < 4.78 is 7.78. The normalized spacial score (nSPS) is 10.2. The van der Waals surface area contributed by atoms with Crippen LogP contribution in [0.3, 0.4) is 0 Å². The van der Waals surface area contributed by atoms with Crippen LogP contribution in [-0.4, -0.2) is 24.8 Å². The fourth-order valence-electron chi connectivity index (χ4n) is 1.79. The van der Waals surface area contributed by atoms with E-state index in [1.807, 2.05) is 0 Å². The lowest BCUT2D eigenvalue weighted by Gasteiger charge is -2.08. The molecule has 0 bridgehead atoms. The van der Waals surface area contributed by atoms with Crippen molar-refractivity contribution in [3.63, 3.8) is 0 Å². The second-order valence-corrected chi connectivity index (χ2v) is 5.49. The second-order valence-electron chi connectivity index (χ2n) is 4.71. The molecular formula is C15H24N2O3S. The zero-order valence-corrected chi connectivity index (χ0v) is 13.5. The number of unbranched alkanes of at least 4 members (excludes halogenated alkanes) is 3. The first kappa shape index (κ1) is 17.5. The molecule has 5 nitrogen and oxygen atoms in total. The highest BCUT2D eigenvalue weighted by molar-refractivity contribution is 7.97. The van der Waals surface area contributed by atoms with E-state index >= 15 is 0 Å². The summed E-state index contributed by atoms with van der Waals surface area (Å²) in [6, 6.07) is 4.98. The molecule has 3 N–H and O–H groups in total. The van der Waals surface area contributed by atoms with Crippen LogP contribution in [-0.2, 0) is 5.75 Å². The van der Waals surface area contributed by atoms with Gasteiger partial charge in [0.15, 0.2) is 11.5 Å². The molecule has 0 saturated heterocycles. The molecule has 1 aromatic rings. The quantitative estimate of drug-likeness (QED) is 0.482. The Morgan fingerprint density at radius 3 is 2.86 bits per heavy atom. The van der Waals surface area contributed by atoms with Gasteiger partial charge in [0.2, 0.25) is 0 Å². The molecule has 0 aliphatic carbocycles. The monoisotopic (exact) mass is 312 g/mol. The van der Waals surface area contributed by atoms with Crippen molar-refractivity contribution < 1.29 is 14.6 Å². The number of ether oxygens (including phenoxy) is 1. The maximum absolute atomic E-state index is 11.5. The van der Waals surface area contributed by atoms with E-state index in [1.54, 1.807) is 18.2 Å². The highest BCUT2D eigenvalue weighted by Crippen LogP contribution is 2.27. The lowest BCUT2D eigenvalue weighted by Crippen LogP contribution is -2.32. The molecule has 0 fully saturated rings. The molecule has 0 unspecified atom stereocenters. The van der Waals surface area contributed by atoms with Crippen molar-refractivity contribution in [3.8, 4) is 11.5 Å². The molecule has 0 aromatic heterocycles. The van der Waals surface area contributed by atoms with Gasteiger partial charge in [-0.1, -0.05) is 32.3 Å². The highest BCUT2D eigenvalue weighted by Gasteiger charge is 2.04. The fraction of sp³-hybridized carbons (Fsp3) is 0.533. The minimum atomic E-state index is -0.165. The van der Waals surface area contributed by atoms with Crippen LogP contribution in [0.1, 0.15) is 38.2 Å². The average molecular weight is 312 g/mol. The summed E-state index contributed by atoms with van der Waals surface area (Å²) in [5, 5.41) is 12.3. The molecule has 0 saturated carbocycles. The van der Waals surface area contributed by atoms with Gasteiger partial charge < -0.3 is 15.2 Å². The number of benzene rings is 1. The van der Waals surface area contributed by atoms with Gasteiger partial charge in [-0.15, -0.1) is 0 Å². The predicted molar refractivity (Wildman–Crippen MR) is 86.6 cm³/mol. The topological polar surface area (TPSA) is 70.6 Å². The molecule has 0 radical (unpaired) electrons. The number of carbonyl (C=O) groups is 1. The summed E-state index contributed by atoms with van der Waals surface area (Å²) in [5.41, 5.74) is 0.970. The zero-order valence-electron chi connectivity index (χ0n) is 12.6. The predicted octanol–water partition coefficient (Wildman–Crippen LogP) is 3.43. The van der Waals surface area contributed by atoms with Gasteiger partial charge in [-0.2, -0.15) is 0 Å². The Balaban J connectivity index is 2.19. The van der Waals surface area contributed by atoms with Crippen molar-refractivity contribution in [2.45, 2.75) is 38.4 Å². The molecule has 0 atom stereocenters. The van der Waals surface area contributed by atoms with Gasteiger partial charge in [0.1, 0.15) is 0 Å². The third-order valence-electron chi connectivity index (χ3n) is 2.96. The van der Waals surface area contributed by atoms with Crippen LogP contribution >= 0.6 is 11.9 Å². The SMILES string of the molecule is CCCCCCNC(=O)NSCc1ccc(O)c(OC)c1. The Morgan fingerprint density at radius 1 is 1.33 bits per heavy atom. The largest absolute Gasteiger partial charge is 0.504 e. The van der Waals surface area contributed by atoms with E-state index in [1.165, 1.54) is 31.9 Å². The molecular weight excluding hydrogens is 288 g/mol. The summed E-state index contributed by atoms with van der Waals surface area (Å²) in [6.07, 6.45) is 4.57. The number of hydrogen-bond donors (Lipinski definition) is 3. The molecule has 0 heterocycles. The van der Waals surface area contributed by atoms with Crippen molar-refractivity contribution in [2.24, 2.45) is 0 Å². The van der Waals surface area contributed by atoms with E-state index in [0.29, 0.717) is 18.0 Å². The summed E-state index contributed by atoms with van der Waals surface area (Å²) >= 11 is 1.31. The Bertz CT molecular complexity index is 441. The van der Waals surface area contributed by atoms with Gasteiger partial charge in [0, 0.05) is 12.3 Å². The Hall–Kier alpha value is -1.56. The van der Waals surface area contributed by atoms with Crippen LogP contribution in [0.2, 0.25) is 0 Å². The highest BCUT2D eigenvalue weighted by atomic mass is 32.2. The van der Waals surface area contributed by atoms with Crippen LogP contribution in [0.4, 0.5) is 4.79 Å². The number of phenols is 1. The molecule has 21 heavy (non-hydrogen) atoms. The third kappa shape index (κ3) is 7.13. The van der Waals surface area contributed by atoms with Crippen molar-refractivity contribution in [3.05, 3.63) is 23.8 Å². The van der Waals surface area contributed by atoms with Gasteiger partial charge >= 0.3 is 6.03 Å². The standard InChI is InChI=1S/C15H24N2O3S/c1-3-4-5-6-9-16-15(19)17-21-11-12-7-8-13(18)14(10-12)20-2/h7-8,10,18H,3-6,9,11H2,1-2H3,(H2,16,17,19). The van der Waals surface area contributed by atoms with Crippen LogP contribution in [0.15, 0.2) is 18.2 Å². The van der Waals surface area contributed by atoms with E-state index in [2.05, 4.69) is 17.0 Å². The smallest absolute Gasteiger partial charge is 0.324 e. The summed E-state index contributed by atoms with van der Waals surface area (Å²) in [7, 11) is 1.51. The number of methoxy groups -OCH3 is 1. The molecule has 1 rings (SSSR count). The van der Waals surface area contributed by atoms with Crippen molar-refractivity contribution in [1.82, 2.24) is 10.0 Å². The van der Waals surface area contributed by atoms with Gasteiger partial charge in [0.05, 0.1) is 7.11 Å². The fourth-order valence-corrected chi connectivity index (χ4v) is 2.41. The van der Waals surface area contributed by atoms with E-state index in [9.17, 15) is 9.90 Å². The minimum absolute atomic E-state index is 0.115. The molecule has 0 spiro atoms. The maximum Gasteiger partial charge on any atom is 0.324 e. The maximum atomic E-state index is 11.5. The van der Waals surface area contributed by atoms with E-state index in [4.69, 9.17) is 4.74 Å². The van der Waals surface area contributed by atoms with Crippen LogP contribution in [0.25, 0.3) is 0 Å². The number of nitrogens with one attached hydrogen (secondary N) is 2. The first-order chi connectivity index (χ1) is 10.2. The van der Waals surface area contributed by atoms with E-state index < -0.39 is 0 Å². The molecule has 6 heteroatoms. The Labute approximate surface area is 130 Å². The number of amides is 2. The van der Waals surface area contributed by atoms with Gasteiger partial charge in [0.25, 0.3) is 0 Å². The van der Waals surface area contributed by atoms with Crippen molar-refractivity contribution in [1.29, 1.82) is 0 Å². The van der Waals surface area contributed by atoms with Crippen LogP contribution in [0.5, 0.6) is 11.5 Å². The van der Waals surface area contributed by atoms with Crippen LogP contribution in [0, 0.1) is 0 Å². The average Bonchev–Trinajstić information content (AvgIpc) is 2.48. The number of phenolic OH excluding ortho intramolecular Hbond substituents is 1. The van der Waals surface area contributed by atoms with E-state index in [0.717, 1.165) is 18.4 Å². The first-order valence-electron chi connectivity index (χ1n) is 7.19. The number of aromatic hydroxyl groups is 1. The van der Waals surface area contributed by atoms with Crippen LogP contribution < -0.4 is 14.8 Å². The summed E-state index contributed by atoms with van der Waals surface area (Å²) in [4.78, 5) is 11.5. The zero-order chi connectivity index (χ0) is 15.5. The number of rotatable bonds is 9. The lowest BCUT2D eigenvalue weighted by molar-refractivity contribution is 0.246. The minimum Gasteiger partial charge on any atom is -0.504 e. The van der Waals surface area contributed by atoms with Crippen molar-refractivity contribution in [2.75, 3.05) is 13.7 Å². The van der Waals surface area contributed by atoms with Gasteiger partial charge in [-0.3, -0.25) is 4.72 Å². The summed E-state index contributed by atoms with van der Waals surface area (Å²) in [5.74, 6) is 1.16. The summed E-state index contributed by atoms with van der Waals surface area (Å²) in [6.45, 7) is 2.87. The lowest BCUT2D eigenvalue weighted by atomic mass is 10.2. The van der Waals surface area contributed by atoms with Gasteiger partial charge in [-0.05, 0) is 36.1 Å². The third-order valence-corrected chi connectivity index (χ3v) is 3.77.